The van der Waals surface area contributed by atoms with Crippen molar-refractivity contribution in [1.29, 1.82) is 0 Å². The van der Waals surface area contributed by atoms with Gasteiger partial charge in [-0.1, -0.05) is 29.3 Å². The summed E-state index contributed by atoms with van der Waals surface area (Å²) in [6, 6.07) is 5.38. The second-order valence-electron chi connectivity index (χ2n) is 5.91. The summed E-state index contributed by atoms with van der Waals surface area (Å²) in [6.45, 7) is 3.48. The van der Waals surface area contributed by atoms with Gasteiger partial charge in [0.2, 0.25) is 5.91 Å². The van der Waals surface area contributed by atoms with Gasteiger partial charge >= 0.3 is 0 Å². The van der Waals surface area contributed by atoms with Crippen LogP contribution in [0.3, 0.4) is 0 Å². The third kappa shape index (κ3) is 5.23. The number of nitrogens with one attached hydrogen (secondary N) is 1. The van der Waals surface area contributed by atoms with E-state index in [9.17, 15) is 4.79 Å². The van der Waals surface area contributed by atoms with Crippen LogP contribution in [0.15, 0.2) is 18.2 Å². The van der Waals surface area contributed by atoms with Crippen LogP contribution in [-0.4, -0.2) is 31.7 Å². The Kier molecular flexibility index (Phi) is 8.11. The molecule has 0 radical (unpaired) electrons. The maximum absolute atomic E-state index is 12.6. The summed E-state index contributed by atoms with van der Waals surface area (Å²) in [5.41, 5.74) is 6.32. The molecule has 7 heteroatoms. The Morgan fingerprint density at radius 2 is 2.04 bits per heavy atom. The zero-order chi connectivity index (χ0) is 16.2. The van der Waals surface area contributed by atoms with E-state index >= 15 is 0 Å². The number of ether oxygens (including phenoxy) is 1. The van der Waals surface area contributed by atoms with Crippen molar-refractivity contribution in [1.82, 2.24) is 5.32 Å². The van der Waals surface area contributed by atoms with Gasteiger partial charge in [0.25, 0.3) is 0 Å². The minimum atomic E-state index is -0.504. The smallest absolute Gasteiger partial charge is 0.227 e. The molecule has 1 saturated heterocycles. The lowest BCUT2D eigenvalue weighted by Gasteiger charge is -2.35. The molecule has 1 aliphatic heterocycles. The van der Waals surface area contributed by atoms with Crippen molar-refractivity contribution >= 4 is 41.5 Å². The quantitative estimate of drug-likeness (QED) is 0.823. The van der Waals surface area contributed by atoms with E-state index in [0.29, 0.717) is 49.1 Å². The molecule has 4 nitrogen and oxygen atoms in total. The monoisotopic (exact) mass is 380 g/mol. The maximum Gasteiger partial charge on any atom is 0.227 e. The molecular weight excluding hydrogens is 359 g/mol. The number of hydrogen-bond donors (Lipinski definition) is 2. The zero-order valence-corrected chi connectivity index (χ0v) is 15.4. The topological polar surface area (TPSA) is 64.4 Å². The van der Waals surface area contributed by atoms with Crippen LogP contribution in [0.4, 0.5) is 0 Å². The molecule has 1 aromatic carbocycles. The highest BCUT2D eigenvalue weighted by Gasteiger charge is 2.39. The van der Waals surface area contributed by atoms with Crippen LogP contribution in [0.1, 0.15) is 25.3 Å². The second kappa shape index (κ2) is 9.09. The van der Waals surface area contributed by atoms with Crippen LogP contribution in [-0.2, 0) is 16.0 Å². The number of carbonyl (C=O) groups is 1. The second-order valence-corrected chi connectivity index (χ2v) is 6.75. The van der Waals surface area contributed by atoms with E-state index < -0.39 is 5.41 Å². The van der Waals surface area contributed by atoms with Crippen LogP contribution in [0.2, 0.25) is 10.0 Å². The summed E-state index contributed by atoms with van der Waals surface area (Å²) >= 11 is 12.1. The van der Waals surface area contributed by atoms with Crippen molar-refractivity contribution in [3.05, 3.63) is 33.8 Å². The molecule has 0 aliphatic carbocycles. The van der Waals surface area contributed by atoms with Crippen molar-refractivity contribution in [2.24, 2.45) is 11.1 Å². The SMILES string of the molecule is CC(Cc1ccc(Cl)cc1Cl)NC(=O)C1(CN)CCOCC1.Cl. The van der Waals surface area contributed by atoms with E-state index in [4.69, 9.17) is 33.7 Å². The van der Waals surface area contributed by atoms with Crippen LogP contribution >= 0.6 is 35.6 Å². The minimum absolute atomic E-state index is 0. The molecule has 1 aliphatic rings. The molecule has 1 fully saturated rings. The molecule has 1 unspecified atom stereocenters. The third-order valence-corrected chi connectivity index (χ3v) is 4.83. The van der Waals surface area contributed by atoms with Crippen molar-refractivity contribution in [2.75, 3.05) is 19.8 Å². The first-order valence-electron chi connectivity index (χ1n) is 7.49. The average Bonchev–Trinajstić information content (AvgIpc) is 2.50. The number of carbonyl (C=O) groups excluding carboxylic acids is 1. The number of halogens is 3. The fourth-order valence-corrected chi connectivity index (χ4v) is 3.22. The highest BCUT2D eigenvalue weighted by molar-refractivity contribution is 6.35. The van der Waals surface area contributed by atoms with Crippen molar-refractivity contribution in [3.8, 4) is 0 Å². The standard InChI is InChI=1S/C16H22Cl2N2O2.ClH/c1-11(8-12-2-3-13(17)9-14(12)18)20-15(21)16(10-19)4-6-22-7-5-16;/h2-3,9,11H,4-8,10,19H2,1H3,(H,20,21);1H. The van der Waals surface area contributed by atoms with E-state index in [1.807, 2.05) is 13.0 Å². The summed E-state index contributed by atoms with van der Waals surface area (Å²) < 4.78 is 5.34. The van der Waals surface area contributed by atoms with Gasteiger partial charge in [0, 0.05) is 35.8 Å². The molecule has 1 atom stereocenters. The van der Waals surface area contributed by atoms with E-state index in [2.05, 4.69) is 5.32 Å². The first kappa shape index (κ1) is 20.5. The van der Waals surface area contributed by atoms with Crippen LogP contribution in [0, 0.1) is 5.41 Å². The Morgan fingerprint density at radius 3 is 2.61 bits per heavy atom. The number of rotatable bonds is 5. The van der Waals surface area contributed by atoms with Crippen molar-refractivity contribution in [3.63, 3.8) is 0 Å². The Hall–Kier alpha value is -0.520. The molecule has 0 saturated carbocycles. The van der Waals surface area contributed by atoms with Gasteiger partial charge in [0.05, 0.1) is 5.41 Å². The summed E-state index contributed by atoms with van der Waals surface area (Å²) in [5, 5.41) is 4.29. The number of benzene rings is 1. The van der Waals surface area contributed by atoms with E-state index in [0.717, 1.165) is 5.56 Å². The summed E-state index contributed by atoms with van der Waals surface area (Å²) in [5.74, 6) is 0.0101. The van der Waals surface area contributed by atoms with Gasteiger partial charge in [-0.25, -0.2) is 0 Å². The lowest BCUT2D eigenvalue weighted by Crippen LogP contribution is -2.51. The lowest BCUT2D eigenvalue weighted by molar-refractivity contribution is -0.136. The molecule has 1 amide bonds. The van der Waals surface area contributed by atoms with Gasteiger partial charge < -0.3 is 15.8 Å². The maximum atomic E-state index is 12.6. The number of nitrogens with two attached hydrogens (primary N) is 1. The van der Waals surface area contributed by atoms with Gasteiger partial charge in [0.15, 0.2) is 0 Å². The summed E-state index contributed by atoms with van der Waals surface area (Å²) in [7, 11) is 0. The Labute approximate surface area is 153 Å². The molecule has 130 valence electrons. The van der Waals surface area contributed by atoms with Gasteiger partial charge in [-0.3, -0.25) is 4.79 Å². The summed E-state index contributed by atoms with van der Waals surface area (Å²) in [4.78, 5) is 12.6. The molecule has 1 heterocycles. The largest absolute Gasteiger partial charge is 0.381 e. The van der Waals surface area contributed by atoms with Crippen molar-refractivity contribution < 1.29 is 9.53 Å². The third-order valence-electron chi connectivity index (χ3n) is 4.24. The minimum Gasteiger partial charge on any atom is -0.381 e. The molecule has 0 spiro atoms. The highest BCUT2D eigenvalue weighted by atomic mass is 35.5. The zero-order valence-electron chi connectivity index (χ0n) is 13.1. The van der Waals surface area contributed by atoms with Crippen LogP contribution in [0.25, 0.3) is 0 Å². The Morgan fingerprint density at radius 1 is 1.39 bits per heavy atom. The molecule has 0 bridgehead atoms. The Bertz CT molecular complexity index is 534. The van der Waals surface area contributed by atoms with E-state index in [-0.39, 0.29) is 24.4 Å². The molecule has 0 aromatic heterocycles. The van der Waals surface area contributed by atoms with Crippen molar-refractivity contribution in [2.45, 2.75) is 32.2 Å². The normalized spacial score (nSPS) is 17.9. The highest BCUT2D eigenvalue weighted by Crippen LogP contribution is 2.30. The van der Waals surface area contributed by atoms with Gasteiger partial charge in [0.1, 0.15) is 0 Å². The van der Waals surface area contributed by atoms with Gasteiger partial charge in [-0.2, -0.15) is 0 Å². The fraction of sp³-hybridized carbons (Fsp3) is 0.562. The van der Waals surface area contributed by atoms with Crippen LogP contribution in [0.5, 0.6) is 0 Å². The first-order chi connectivity index (χ1) is 10.5. The van der Waals surface area contributed by atoms with E-state index in [1.54, 1.807) is 12.1 Å². The van der Waals surface area contributed by atoms with Gasteiger partial charge in [-0.15, -0.1) is 12.4 Å². The predicted molar refractivity (Wildman–Crippen MR) is 96.6 cm³/mol. The molecule has 1 aromatic rings. The summed E-state index contributed by atoms with van der Waals surface area (Å²) in [6.07, 6.45) is 1.99. The first-order valence-corrected chi connectivity index (χ1v) is 8.25. The Balaban J connectivity index is 0.00000264. The number of amides is 1. The predicted octanol–water partition coefficient (Wildman–Crippen LogP) is 3.22. The fourth-order valence-electron chi connectivity index (χ4n) is 2.73. The molecule has 3 N–H and O–H groups in total. The molecular formula is C16H23Cl3N2O2. The lowest BCUT2D eigenvalue weighted by atomic mass is 9.79. The molecule has 2 rings (SSSR count). The number of hydrogen-bond acceptors (Lipinski definition) is 3. The molecule has 23 heavy (non-hydrogen) atoms. The van der Waals surface area contributed by atoms with Crippen LogP contribution < -0.4 is 11.1 Å². The van der Waals surface area contributed by atoms with E-state index in [1.165, 1.54) is 0 Å². The average molecular weight is 382 g/mol. The van der Waals surface area contributed by atoms with Gasteiger partial charge in [-0.05, 0) is 43.9 Å².